The maximum Gasteiger partial charge on any atom is 0.229 e. The van der Waals surface area contributed by atoms with Gasteiger partial charge >= 0.3 is 0 Å². The second-order valence-corrected chi connectivity index (χ2v) is 34.9. The maximum absolute atomic E-state index is 16.9. The molecule has 3 aromatic carbocycles. The monoisotopic (exact) mass is 1300 g/mol. The van der Waals surface area contributed by atoms with E-state index in [0.29, 0.717) is 74.6 Å². The molecule has 10 N–H and O–H groups in total. The summed E-state index contributed by atoms with van der Waals surface area (Å²) < 4.78 is 13.9. The summed E-state index contributed by atoms with van der Waals surface area (Å²) in [6.45, 7) is -0.362. The van der Waals surface area contributed by atoms with Gasteiger partial charge in [-0.2, -0.15) is 0 Å². The fourth-order valence-corrected chi connectivity index (χ4v) is 27.4. The lowest BCUT2D eigenvalue weighted by Crippen LogP contribution is -2.81. The van der Waals surface area contributed by atoms with Gasteiger partial charge in [-0.15, -0.1) is 0 Å². The van der Waals surface area contributed by atoms with Crippen LogP contribution in [0.1, 0.15) is 172 Å². The molecular formula is C76H90N2O13S2. The maximum atomic E-state index is 16.9. The van der Waals surface area contributed by atoms with Gasteiger partial charge in [0.15, 0.2) is 11.6 Å². The number of carbonyl (C=O) groups is 3. The highest BCUT2D eigenvalue weighted by Crippen LogP contribution is 2.80. The highest BCUT2D eigenvalue weighted by Gasteiger charge is 2.80. The molecule has 0 amide bonds. The van der Waals surface area contributed by atoms with Crippen molar-refractivity contribution in [2.75, 3.05) is 19.0 Å². The highest BCUT2D eigenvalue weighted by molar-refractivity contribution is 8.76. The third-order valence-corrected chi connectivity index (χ3v) is 30.6. The third kappa shape index (κ3) is 8.96. The summed E-state index contributed by atoms with van der Waals surface area (Å²) in [4.78, 5) is 47.4. The van der Waals surface area contributed by atoms with Gasteiger partial charge in [0.05, 0.1) is 42.0 Å². The number of aliphatic hydroxyl groups is 7. The second kappa shape index (κ2) is 22.0. The number of aromatic hydroxyl groups is 1. The van der Waals surface area contributed by atoms with Crippen molar-refractivity contribution in [1.29, 1.82) is 0 Å². The predicted octanol–water partition coefficient (Wildman–Crippen LogP) is 10.6. The Bertz CT molecular complexity index is 3760. The number of hydrogen-bond acceptors (Lipinski definition) is 17. The van der Waals surface area contributed by atoms with Crippen LogP contribution in [0, 0.1) is 74.4 Å². The summed E-state index contributed by atoms with van der Waals surface area (Å²) in [7, 11) is 2.96. The molecule has 20 atom stereocenters. The molecule has 15 aliphatic rings. The molecule has 1 saturated heterocycles. The van der Waals surface area contributed by atoms with Crippen molar-refractivity contribution in [2.24, 2.45) is 74.4 Å². The van der Waals surface area contributed by atoms with E-state index >= 15 is 9.59 Å². The Labute approximate surface area is 552 Å². The molecule has 93 heavy (non-hydrogen) atoms. The van der Waals surface area contributed by atoms with E-state index in [1.54, 1.807) is 30.3 Å². The number of phenols is 1. The lowest BCUT2D eigenvalue weighted by Gasteiger charge is -2.65. The summed E-state index contributed by atoms with van der Waals surface area (Å²) in [6.07, 6.45) is 17.1. The van der Waals surface area contributed by atoms with Crippen LogP contribution in [0.3, 0.4) is 0 Å². The Balaban J connectivity index is 0.788. The van der Waals surface area contributed by atoms with E-state index in [1.807, 2.05) is 36.4 Å². The molecule has 15 nitrogen and oxygen atoms in total. The Morgan fingerprint density at radius 1 is 0.763 bits per heavy atom. The summed E-state index contributed by atoms with van der Waals surface area (Å²) >= 11 is 0. The minimum absolute atomic E-state index is 0.0396. The van der Waals surface area contributed by atoms with E-state index in [1.165, 1.54) is 39.0 Å². The minimum Gasteiger partial charge on any atom is -0.511 e. The van der Waals surface area contributed by atoms with E-state index in [4.69, 9.17) is 9.47 Å². The number of nitrogens with one attached hydrogen (secondary N) is 2. The number of fused-ring (bicyclic) bond motifs is 3. The number of ketones is 2. The van der Waals surface area contributed by atoms with E-state index in [0.717, 1.165) is 118 Å². The zero-order chi connectivity index (χ0) is 63.8. The van der Waals surface area contributed by atoms with Crippen LogP contribution in [0.15, 0.2) is 113 Å². The number of dihydropyridines is 1. The van der Waals surface area contributed by atoms with E-state index in [2.05, 4.69) is 22.8 Å². The van der Waals surface area contributed by atoms with Crippen molar-refractivity contribution < 1.29 is 64.7 Å². The van der Waals surface area contributed by atoms with Gasteiger partial charge in [0.2, 0.25) is 6.29 Å². The molecule has 8 saturated carbocycles. The van der Waals surface area contributed by atoms with Gasteiger partial charge in [-0.25, -0.2) is 0 Å². The first-order valence-electron chi connectivity index (χ1n) is 35.1. The van der Waals surface area contributed by atoms with Crippen LogP contribution < -0.4 is 15.4 Å². The summed E-state index contributed by atoms with van der Waals surface area (Å²) in [5.74, 6) is -1.94. The predicted molar refractivity (Wildman–Crippen MR) is 351 cm³/mol. The molecule has 0 aromatic heterocycles. The smallest absolute Gasteiger partial charge is 0.229 e. The topological polar surface area (TPSA) is 256 Å². The standard InChI is InChI=1S/C76H90N2O13S2/c79-35-45-8-3-6-42(23-45)24-46-28-58(83)75-59-16-19-72(88)17-2-1-9-49(72)13-14-53(46)62(75)63(84)54-11-5-12-57(61(54)65(75)85)90-67-66(86)76(89)64-48(31-73(40-81,91-67)68(76)87)26-47-27-50-33-71(39-74(50,64)56-29-60(77-34-55(47)56)78-41-92-93-59)38-70(32-51(71)36-80)21-20-69(37-70)18-15-44(30-69)22-43-7-4-10-52(82)25-43/h3-8,10-12,23,25,28-29,36,44,47-51,59,62,64,66-68,77-79,81-83,86-89H,1-2,9,13-22,24,26-27,30-35,37-41H2. The van der Waals surface area contributed by atoms with Crippen LogP contribution >= 0.6 is 21.6 Å². The average Bonchev–Trinajstić information content (AvgIpc) is 1.61. The lowest BCUT2D eigenvalue weighted by molar-refractivity contribution is -0.392. The molecule has 3 heterocycles. The van der Waals surface area contributed by atoms with Gasteiger partial charge in [-0.3, -0.25) is 9.59 Å². The Morgan fingerprint density at radius 2 is 1.59 bits per heavy atom. The number of allylic oxidation sites excluding steroid dienone is 6. The fraction of sp³-hybridized carbons (Fsp3) is 0.618. The number of phenolic OH excluding ortho intramolecular Hbond substituents is 1. The van der Waals surface area contributed by atoms with Gasteiger partial charge < -0.3 is 65.8 Å². The summed E-state index contributed by atoms with van der Waals surface area (Å²) in [5.41, 5.74) is -1.78. The SMILES string of the molecule is O=CC1CC2(CCC3(CCC(Cc4cccc(O)c4)C3)C2)CC12CC1CC3CC4CC5(CO)OC6Oc7cccc8c7C(=O)C79C(O)=CC(Cc%10cccc(CO)c%10)=C(CCC%10CCCCC%10(O)CCC7SSCNC7=CC(=C3CN7)C1(C2)C4C(O)(C6O)C5O)C9C8=O. The molecule has 5 spiro atoms. The van der Waals surface area contributed by atoms with Crippen LogP contribution in [-0.4, -0.2) is 118 Å². The fourth-order valence-electron chi connectivity index (χ4n) is 24.6. The van der Waals surface area contributed by atoms with Gasteiger partial charge in [0.25, 0.3) is 0 Å². The Hall–Kier alpha value is -4.95. The Morgan fingerprint density at radius 3 is 2.43 bits per heavy atom. The molecule has 17 heteroatoms. The molecule has 0 radical (unpaired) electrons. The molecule has 18 rings (SSSR count). The summed E-state index contributed by atoms with van der Waals surface area (Å²) in [5, 5.41) is 107. The molecule has 3 aromatic rings. The van der Waals surface area contributed by atoms with Crippen molar-refractivity contribution in [3.63, 3.8) is 0 Å². The van der Waals surface area contributed by atoms with E-state index in [9.17, 15) is 45.6 Å². The first-order valence-corrected chi connectivity index (χ1v) is 37.5. The molecule has 12 aliphatic carbocycles. The lowest BCUT2D eigenvalue weighted by atomic mass is 9.46. The number of aldehydes is 1. The second-order valence-electron chi connectivity index (χ2n) is 32.3. The minimum atomic E-state index is -2.38. The van der Waals surface area contributed by atoms with E-state index < -0.39 is 81.0 Å². The number of carbonyl (C=O) groups excluding carboxylic acids is 3. The molecule has 3 aliphatic heterocycles. The van der Waals surface area contributed by atoms with Gasteiger partial charge in [-0.05, 0) is 244 Å². The summed E-state index contributed by atoms with van der Waals surface area (Å²) in [6, 6.07) is 20.1. The van der Waals surface area contributed by atoms with Crippen LogP contribution in [0.4, 0.5) is 0 Å². The average molecular weight is 1300 g/mol. The number of rotatable bonds is 7. The van der Waals surface area contributed by atoms with Crippen molar-refractivity contribution in [2.45, 2.75) is 195 Å². The normalized spacial score (nSPS) is 44.3. The van der Waals surface area contributed by atoms with Gasteiger partial charge in [0, 0.05) is 34.6 Å². The number of Topliss-reactive ketones (excluding diaryl/α,β-unsaturated/α-hetero) is 2. The van der Waals surface area contributed by atoms with Crippen LogP contribution in [0.2, 0.25) is 0 Å². The first kappa shape index (κ1) is 61.6. The largest absolute Gasteiger partial charge is 0.511 e. The zero-order valence-electron chi connectivity index (χ0n) is 53.0. The van der Waals surface area contributed by atoms with Crippen LogP contribution in [0.25, 0.3) is 0 Å². The Kier molecular flexibility index (Phi) is 14.6. The van der Waals surface area contributed by atoms with Gasteiger partial charge in [0.1, 0.15) is 52.4 Å². The molecule has 11 bridgehead atoms. The first-order chi connectivity index (χ1) is 44.8. The number of hydrogen-bond donors (Lipinski definition) is 10. The number of aliphatic hydroxyl groups excluding tert-OH is 5. The van der Waals surface area contributed by atoms with Crippen molar-refractivity contribution in [3.8, 4) is 11.5 Å². The van der Waals surface area contributed by atoms with E-state index in [-0.39, 0.29) is 88.3 Å². The molecule has 494 valence electrons. The molecule has 9 fully saturated rings. The van der Waals surface area contributed by atoms with Crippen LogP contribution in [-0.2, 0) is 29.0 Å². The number of ether oxygens (including phenoxy) is 2. The quantitative estimate of drug-likeness (QED) is 0.0780. The van der Waals surface area contributed by atoms with Gasteiger partial charge in [-0.1, -0.05) is 88.5 Å². The zero-order valence-corrected chi connectivity index (χ0v) is 54.7. The van der Waals surface area contributed by atoms with Crippen molar-refractivity contribution in [3.05, 3.63) is 141 Å². The number of benzene rings is 3. The highest BCUT2D eigenvalue weighted by atomic mass is 33.1. The molecular weight excluding hydrogens is 1210 g/mol. The molecule has 20 unspecified atom stereocenters. The van der Waals surface area contributed by atoms with Crippen molar-refractivity contribution >= 4 is 39.4 Å². The third-order valence-electron chi connectivity index (χ3n) is 27.9. The van der Waals surface area contributed by atoms with Crippen molar-refractivity contribution in [1.82, 2.24) is 10.6 Å². The van der Waals surface area contributed by atoms with Crippen LogP contribution in [0.5, 0.6) is 11.5 Å².